The van der Waals surface area contributed by atoms with Gasteiger partial charge in [0.1, 0.15) is 0 Å². The Morgan fingerprint density at radius 1 is 1.16 bits per heavy atom. The number of hydrogen-bond acceptors (Lipinski definition) is 3. The molecule has 2 heterocycles. The van der Waals surface area contributed by atoms with Gasteiger partial charge in [0.05, 0.1) is 12.5 Å². The number of nitrogens with zero attached hydrogens (tertiary/aromatic N) is 1. The van der Waals surface area contributed by atoms with Crippen LogP contribution in [0.2, 0.25) is 0 Å². The van der Waals surface area contributed by atoms with Crippen LogP contribution < -0.4 is 15.5 Å². The van der Waals surface area contributed by atoms with Gasteiger partial charge in [-0.3, -0.25) is 9.59 Å². The number of hydrogen-bond donors (Lipinski definition) is 2. The molecule has 2 N–H and O–H groups in total. The summed E-state index contributed by atoms with van der Waals surface area (Å²) in [6.07, 6.45) is 1.34. The van der Waals surface area contributed by atoms with E-state index in [1.54, 1.807) is 6.07 Å². The zero-order chi connectivity index (χ0) is 17.2. The lowest BCUT2D eigenvalue weighted by molar-refractivity contribution is -0.121. The van der Waals surface area contributed by atoms with Crippen molar-refractivity contribution in [2.24, 2.45) is 0 Å². The van der Waals surface area contributed by atoms with Gasteiger partial charge < -0.3 is 15.5 Å². The Labute approximate surface area is 147 Å². The number of rotatable bonds is 5. The number of anilines is 1. The largest absolute Gasteiger partial charge is 0.369 e. The van der Waals surface area contributed by atoms with Crippen LogP contribution in [0, 0.1) is 0 Å². The fraction of sp³-hybridized carbons (Fsp3) is 0.300. The molecule has 128 valence electrons. The van der Waals surface area contributed by atoms with Crippen molar-refractivity contribution in [1.82, 2.24) is 10.6 Å². The zero-order valence-corrected chi connectivity index (χ0v) is 14.0. The molecular weight excluding hydrogens is 314 g/mol. The van der Waals surface area contributed by atoms with E-state index in [1.165, 1.54) is 11.3 Å². The number of para-hydroxylation sites is 1. The van der Waals surface area contributed by atoms with Crippen LogP contribution in [0.25, 0.3) is 0 Å². The summed E-state index contributed by atoms with van der Waals surface area (Å²) in [5.41, 5.74) is 4.23. The molecule has 5 heteroatoms. The first kappa shape index (κ1) is 15.7. The molecule has 0 unspecified atom stereocenters. The van der Waals surface area contributed by atoms with Crippen LogP contribution >= 0.6 is 0 Å². The van der Waals surface area contributed by atoms with E-state index in [-0.39, 0.29) is 24.3 Å². The molecule has 0 aliphatic carbocycles. The first-order valence-corrected chi connectivity index (χ1v) is 8.72. The lowest BCUT2D eigenvalue weighted by Gasteiger charge is -2.20. The van der Waals surface area contributed by atoms with Gasteiger partial charge in [-0.2, -0.15) is 0 Å². The molecule has 0 radical (unpaired) electrons. The maximum absolute atomic E-state index is 12.3. The predicted molar refractivity (Wildman–Crippen MR) is 96.6 cm³/mol. The van der Waals surface area contributed by atoms with E-state index in [0.29, 0.717) is 12.1 Å². The number of nitrogens with one attached hydrogen (secondary N) is 2. The van der Waals surface area contributed by atoms with Crippen molar-refractivity contribution >= 4 is 17.5 Å². The van der Waals surface area contributed by atoms with Crippen molar-refractivity contribution in [2.75, 3.05) is 24.5 Å². The minimum atomic E-state index is -0.226. The number of benzene rings is 2. The molecule has 2 aromatic carbocycles. The van der Waals surface area contributed by atoms with E-state index < -0.39 is 0 Å². The van der Waals surface area contributed by atoms with Crippen molar-refractivity contribution in [3.63, 3.8) is 0 Å². The molecule has 0 spiro atoms. The number of amides is 2. The van der Waals surface area contributed by atoms with Crippen molar-refractivity contribution in [1.29, 1.82) is 0 Å². The molecular formula is C20H21N3O2. The second-order valence-corrected chi connectivity index (χ2v) is 6.53. The summed E-state index contributed by atoms with van der Waals surface area (Å²) in [5.74, 6) is -0.128. The maximum Gasteiger partial charge on any atom is 0.252 e. The minimum absolute atomic E-state index is 0.0329. The SMILES string of the molecule is O=C(C[C@@H]1NC(=O)c2ccccc21)NCCN1CCc2ccccc21. The minimum Gasteiger partial charge on any atom is -0.369 e. The summed E-state index contributed by atoms with van der Waals surface area (Å²) < 4.78 is 0. The smallest absolute Gasteiger partial charge is 0.252 e. The van der Waals surface area contributed by atoms with Gasteiger partial charge in [0.15, 0.2) is 0 Å². The van der Waals surface area contributed by atoms with Crippen LogP contribution in [-0.4, -0.2) is 31.4 Å². The quantitative estimate of drug-likeness (QED) is 0.879. The monoisotopic (exact) mass is 335 g/mol. The van der Waals surface area contributed by atoms with Crippen molar-refractivity contribution < 1.29 is 9.59 Å². The molecule has 2 aliphatic heterocycles. The van der Waals surface area contributed by atoms with Gasteiger partial charge in [-0.1, -0.05) is 36.4 Å². The molecule has 4 rings (SSSR count). The fourth-order valence-corrected chi connectivity index (χ4v) is 3.71. The molecule has 2 amide bonds. The van der Waals surface area contributed by atoms with Gasteiger partial charge in [0, 0.05) is 30.9 Å². The Hall–Kier alpha value is -2.82. The average molecular weight is 335 g/mol. The molecule has 2 aliphatic rings. The molecule has 5 nitrogen and oxygen atoms in total. The Morgan fingerprint density at radius 2 is 1.96 bits per heavy atom. The van der Waals surface area contributed by atoms with Gasteiger partial charge in [-0.25, -0.2) is 0 Å². The van der Waals surface area contributed by atoms with Crippen LogP contribution in [-0.2, 0) is 11.2 Å². The summed E-state index contributed by atoms with van der Waals surface area (Å²) in [4.78, 5) is 26.5. The van der Waals surface area contributed by atoms with E-state index in [1.807, 2.05) is 18.2 Å². The Kier molecular flexibility index (Phi) is 4.14. The Bertz CT molecular complexity index is 818. The summed E-state index contributed by atoms with van der Waals surface area (Å²) in [6.45, 7) is 2.41. The lowest BCUT2D eigenvalue weighted by Crippen LogP contribution is -2.35. The molecule has 0 saturated carbocycles. The molecule has 0 saturated heterocycles. The van der Waals surface area contributed by atoms with E-state index in [4.69, 9.17) is 0 Å². The highest BCUT2D eigenvalue weighted by Gasteiger charge is 2.29. The normalized spacial score (nSPS) is 17.8. The van der Waals surface area contributed by atoms with Gasteiger partial charge in [-0.15, -0.1) is 0 Å². The molecule has 0 aromatic heterocycles. The number of fused-ring (bicyclic) bond motifs is 2. The highest BCUT2D eigenvalue weighted by molar-refractivity contribution is 5.99. The second kappa shape index (κ2) is 6.59. The van der Waals surface area contributed by atoms with Gasteiger partial charge in [0.25, 0.3) is 5.91 Å². The number of carbonyl (C=O) groups is 2. The third-order valence-corrected chi connectivity index (χ3v) is 4.96. The molecule has 1 atom stereocenters. The summed E-state index contributed by atoms with van der Waals surface area (Å²) >= 11 is 0. The third kappa shape index (κ3) is 3.09. The summed E-state index contributed by atoms with van der Waals surface area (Å²) in [7, 11) is 0. The average Bonchev–Trinajstić information content (AvgIpc) is 3.17. The van der Waals surface area contributed by atoms with E-state index in [2.05, 4.69) is 39.8 Å². The highest BCUT2D eigenvalue weighted by atomic mass is 16.2. The summed E-state index contributed by atoms with van der Waals surface area (Å²) in [6, 6.07) is 15.6. The second-order valence-electron chi connectivity index (χ2n) is 6.53. The highest BCUT2D eigenvalue weighted by Crippen LogP contribution is 2.28. The maximum atomic E-state index is 12.3. The van der Waals surface area contributed by atoms with Crippen molar-refractivity contribution in [2.45, 2.75) is 18.9 Å². The third-order valence-electron chi connectivity index (χ3n) is 4.96. The Morgan fingerprint density at radius 3 is 2.88 bits per heavy atom. The predicted octanol–water partition coefficient (Wildman–Crippen LogP) is 2.04. The van der Waals surface area contributed by atoms with Crippen molar-refractivity contribution in [3.8, 4) is 0 Å². The Balaban J connectivity index is 1.29. The van der Waals surface area contributed by atoms with E-state index in [0.717, 1.165) is 25.1 Å². The molecule has 2 aromatic rings. The van der Waals surface area contributed by atoms with Crippen LogP contribution in [0.1, 0.15) is 33.9 Å². The van der Waals surface area contributed by atoms with Crippen LogP contribution in [0.3, 0.4) is 0 Å². The first-order valence-electron chi connectivity index (χ1n) is 8.72. The molecule has 0 fully saturated rings. The first-order chi connectivity index (χ1) is 12.2. The fourth-order valence-electron chi connectivity index (χ4n) is 3.71. The topological polar surface area (TPSA) is 61.4 Å². The van der Waals surface area contributed by atoms with E-state index in [9.17, 15) is 9.59 Å². The lowest BCUT2D eigenvalue weighted by atomic mass is 10.0. The zero-order valence-electron chi connectivity index (χ0n) is 14.0. The summed E-state index contributed by atoms with van der Waals surface area (Å²) in [5, 5.41) is 5.87. The van der Waals surface area contributed by atoms with Crippen LogP contribution in [0.4, 0.5) is 5.69 Å². The van der Waals surface area contributed by atoms with Gasteiger partial charge in [-0.05, 0) is 29.7 Å². The van der Waals surface area contributed by atoms with Gasteiger partial charge >= 0.3 is 0 Å². The van der Waals surface area contributed by atoms with Crippen LogP contribution in [0.15, 0.2) is 48.5 Å². The molecule has 25 heavy (non-hydrogen) atoms. The van der Waals surface area contributed by atoms with Gasteiger partial charge in [0.2, 0.25) is 5.91 Å². The molecule has 0 bridgehead atoms. The number of carbonyl (C=O) groups excluding carboxylic acids is 2. The van der Waals surface area contributed by atoms with Crippen molar-refractivity contribution in [3.05, 3.63) is 65.2 Å². The van der Waals surface area contributed by atoms with E-state index >= 15 is 0 Å². The van der Waals surface area contributed by atoms with Crippen LogP contribution in [0.5, 0.6) is 0 Å². The standard InChI is InChI=1S/C20H21N3O2/c24-19(13-17-15-6-2-3-7-16(15)20(25)22-17)21-10-12-23-11-9-14-5-1-4-8-18(14)23/h1-8,17H,9-13H2,(H,21,24)(H,22,25)/t17-/m0/s1.